The van der Waals surface area contributed by atoms with Gasteiger partial charge in [0.25, 0.3) is 0 Å². The molecule has 1 saturated carbocycles. The zero-order valence-corrected chi connectivity index (χ0v) is 14.4. The molecule has 0 saturated heterocycles. The summed E-state index contributed by atoms with van der Waals surface area (Å²) >= 11 is 0. The van der Waals surface area contributed by atoms with Crippen LogP contribution in [0, 0.1) is 17.2 Å². The third-order valence-corrected chi connectivity index (χ3v) is 4.77. The Morgan fingerprint density at radius 2 is 1.77 bits per heavy atom. The molecule has 2 aromatic carbocycles. The quantitative estimate of drug-likeness (QED) is 0.520. The predicted molar refractivity (Wildman–Crippen MR) is 88.5 cm³/mol. The first-order valence-electron chi connectivity index (χ1n) is 8.21. The highest BCUT2D eigenvalue weighted by atomic mass is 19.4. The van der Waals surface area contributed by atoms with Crippen molar-refractivity contribution < 1.29 is 27.1 Å². The maximum atomic E-state index is 14.7. The van der Waals surface area contributed by atoms with E-state index in [1.54, 1.807) is 6.07 Å². The van der Waals surface area contributed by atoms with Crippen molar-refractivity contribution in [3.63, 3.8) is 0 Å². The fraction of sp³-hybridized carbons (Fsp3) is 0.350. The number of esters is 1. The van der Waals surface area contributed by atoms with Crippen LogP contribution >= 0.6 is 0 Å². The molecule has 0 aromatic heterocycles. The molecule has 0 spiro atoms. The fourth-order valence-electron chi connectivity index (χ4n) is 2.87. The number of alkyl halides is 3. The van der Waals surface area contributed by atoms with Crippen LogP contribution in [-0.4, -0.2) is 5.97 Å². The monoisotopic (exact) mass is 366 g/mol. The van der Waals surface area contributed by atoms with E-state index in [1.165, 1.54) is 24.3 Å². The van der Waals surface area contributed by atoms with Gasteiger partial charge in [-0.15, -0.1) is 0 Å². The van der Waals surface area contributed by atoms with Gasteiger partial charge in [0, 0.05) is 11.1 Å². The lowest BCUT2D eigenvalue weighted by molar-refractivity contribution is -0.147. The SMILES string of the molecule is CC1(C)CC1C(=O)OCc1cccc(-c2ccc(C(F)(F)F)cc2)c1F. The number of carbonyl (C=O) groups excluding carboxylic acids is 1. The molecule has 26 heavy (non-hydrogen) atoms. The van der Waals surface area contributed by atoms with E-state index >= 15 is 0 Å². The second-order valence-electron chi connectivity index (χ2n) is 7.21. The van der Waals surface area contributed by atoms with E-state index in [0.717, 1.165) is 18.6 Å². The minimum absolute atomic E-state index is 0.0717. The Hall–Kier alpha value is -2.37. The third-order valence-electron chi connectivity index (χ3n) is 4.77. The minimum atomic E-state index is -4.44. The Morgan fingerprint density at radius 3 is 2.31 bits per heavy atom. The number of hydrogen-bond acceptors (Lipinski definition) is 2. The number of benzene rings is 2. The Balaban J connectivity index is 1.76. The molecule has 1 aliphatic rings. The molecule has 1 fully saturated rings. The van der Waals surface area contributed by atoms with Crippen LogP contribution < -0.4 is 0 Å². The molecule has 3 rings (SSSR count). The summed E-state index contributed by atoms with van der Waals surface area (Å²) in [7, 11) is 0. The zero-order valence-electron chi connectivity index (χ0n) is 14.4. The van der Waals surface area contributed by atoms with Crippen molar-refractivity contribution in [2.45, 2.75) is 33.1 Å². The fourth-order valence-corrected chi connectivity index (χ4v) is 2.87. The molecule has 2 nitrogen and oxygen atoms in total. The number of hydrogen-bond donors (Lipinski definition) is 0. The predicted octanol–water partition coefficient (Wildman–Crippen LogP) is 5.60. The molecule has 6 heteroatoms. The molecule has 0 N–H and O–H groups in total. The van der Waals surface area contributed by atoms with Crippen LogP contribution in [-0.2, 0) is 22.3 Å². The van der Waals surface area contributed by atoms with Gasteiger partial charge in [0.15, 0.2) is 0 Å². The molecule has 2 aromatic rings. The van der Waals surface area contributed by atoms with Crippen LogP contribution in [0.5, 0.6) is 0 Å². The van der Waals surface area contributed by atoms with Gasteiger partial charge in [0.2, 0.25) is 0 Å². The van der Waals surface area contributed by atoms with Gasteiger partial charge in [-0.2, -0.15) is 13.2 Å². The summed E-state index contributed by atoms with van der Waals surface area (Å²) in [6.07, 6.45) is -3.69. The van der Waals surface area contributed by atoms with Crippen LogP contribution in [0.2, 0.25) is 0 Å². The number of carbonyl (C=O) groups is 1. The number of ether oxygens (including phenoxy) is 1. The van der Waals surface area contributed by atoms with Crippen molar-refractivity contribution in [3.05, 3.63) is 59.4 Å². The first kappa shape index (κ1) is 18.4. The normalized spacial score (nSPS) is 18.5. The van der Waals surface area contributed by atoms with E-state index in [0.29, 0.717) is 5.56 Å². The topological polar surface area (TPSA) is 26.3 Å². The van der Waals surface area contributed by atoms with Crippen molar-refractivity contribution in [1.29, 1.82) is 0 Å². The number of halogens is 4. The first-order valence-corrected chi connectivity index (χ1v) is 8.21. The van der Waals surface area contributed by atoms with E-state index < -0.39 is 17.6 Å². The van der Waals surface area contributed by atoms with Crippen LogP contribution in [0.3, 0.4) is 0 Å². The summed E-state index contributed by atoms with van der Waals surface area (Å²) in [5, 5.41) is 0. The van der Waals surface area contributed by atoms with E-state index in [-0.39, 0.29) is 35.0 Å². The van der Waals surface area contributed by atoms with Gasteiger partial charge < -0.3 is 4.74 Å². The van der Waals surface area contributed by atoms with Crippen molar-refractivity contribution >= 4 is 5.97 Å². The van der Waals surface area contributed by atoms with Gasteiger partial charge in [-0.05, 0) is 29.5 Å². The van der Waals surface area contributed by atoms with Crippen molar-refractivity contribution in [2.75, 3.05) is 0 Å². The Bertz CT molecular complexity index is 823. The zero-order chi connectivity index (χ0) is 19.1. The summed E-state index contributed by atoms with van der Waals surface area (Å²) in [5.74, 6) is -1.12. The molecule has 1 aliphatic carbocycles. The van der Waals surface area contributed by atoms with Crippen molar-refractivity contribution in [3.8, 4) is 11.1 Å². The van der Waals surface area contributed by atoms with Crippen molar-refractivity contribution in [2.24, 2.45) is 11.3 Å². The molecular formula is C20H18F4O2. The smallest absolute Gasteiger partial charge is 0.416 e. The summed E-state index contributed by atoms with van der Waals surface area (Å²) < 4.78 is 57.8. The molecule has 1 unspecified atom stereocenters. The molecule has 138 valence electrons. The third kappa shape index (κ3) is 3.74. The lowest BCUT2D eigenvalue weighted by atomic mass is 10.0. The van der Waals surface area contributed by atoms with Crippen LogP contribution in [0.1, 0.15) is 31.4 Å². The van der Waals surface area contributed by atoms with Crippen molar-refractivity contribution in [1.82, 2.24) is 0 Å². The standard InChI is InChI=1S/C20H18F4O2/c1-19(2)10-16(19)18(25)26-11-13-4-3-5-15(17(13)21)12-6-8-14(9-7-12)20(22,23)24/h3-9,16H,10-11H2,1-2H3. The minimum Gasteiger partial charge on any atom is -0.460 e. The van der Waals surface area contributed by atoms with Crippen LogP contribution in [0.15, 0.2) is 42.5 Å². The molecule has 0 amide bonds. The largest absolute Gasteiger partial charge is 0.460 e. The maximum absolute atomic E-state index is 14.7. The summed E-state index contributed by atoms with van der Waals surface area (Å²) in [6.45, 7) is 3.72. The van der Waals surface area contributed by atoms with E-state index in [1.807, 2.05) is 13.8 Å². The summed E-state index contributed by atoms with van der Waals surface area (Å²) in [4.78, 5) is 11.9. The molecule has 0 heterocycles. The average Bonchev–Trinajstić information content (AvgIpc) is 3.22. The maximum Gasteiger partial charge on any atom is 0.416 e. The molecule has 0 radical (unpaired) electrons. The summed E-state index contributed by atoms with van der Waals surface area (Å²) in [6, 6.07) is 8.84. The average molecular weight is 366 g/mol. The Labute approximate surface area is 148 Å². The van der Waals surface area contributed by atoms with Crippen LogP contribution in [0.4, 0.5) is 17.6 Å². The Morgan fingerprint density at radius 1 is 1.15 bits per heavy atom. The molecular weight excluding hydrogens is 348 g/mol. The second-order valence-corrected chi connectivity index (χ2v) is 7.21. The van der Waals surface area contributed by atoms with Crippen LogP contribution in [0.25, 0.3) is 11.1 Å². The summed E-state index contributed by atoms with van der Waals surface area (Å²) in [5.41, 5.74) is -0.184. The lowest BCUT2D eigenvalue weighted by Gasteiger charge is -2.11. The van der Waals surface area contributed by atoms with Gasteiger partial charge in [-0.1, -0.05) is 44.2 Å². The van der Waals surface area contributed by atoms with E-state index in [9.17, 15) is 22.4 Å². The van der Waals surface area contributed by atoms with Gasteiger partial charge >= 0.3 is 12.1 Å². The molecule has 0 aliphatic heterocycles. The number of rotatable bonds is 4. The van der Waals surface area contributed by atoms with Gasteiger partial charge in [-0.25, -0.2) is 4.39 Å². The highest BCUT2D eigenvalue weighted by molar-refractivity contribution is 5.76. The Kier molecular flexibility index (Phi) is 4.54. The highest BCUT2D eigenvalue weighted by Crippen LogP contribution is 2.52. The van der Waals surface area contributed by atoms with Gasteiger partial charge in [-0.3, -0.25) is 4.79 Å². The second kappa shape index (κ2) is 6.41. The van der Waals surface area contributed by atoms with Gasteiger partial charge in [0.05, 0.1) is 11.5 Å². The van der Waals surface area contributed by atoms with E-state index in [2.05, 4.69) is 0 Å². The van der Waals surface area contributed by atoms with Gasteiger partial charge in [0.1, 0.15) is 12.4 Å². The molecule has 1 atom stereocenters. The molecule has 0 bridgehead atoms. The van der Waals surface area contributed by atoms with E-state index in [4.69, 9.17) is 4.74 Å². The highest BCUT2D eigenvalue weighted by Gasteiger charge is 2.51. The lowest BCUT2D eigenvalue weighted by Crippen LogP contribution is -2.11. The first-order chi connectivity index (χ1) is 12.1.